The Balaban J connectivity index is 1.47. The van der Waals surface area contributed by atoms with E-state index in [0.717, 1.165) is 24.5 Å². The average molecular weight is 463 g/mol. The lowest BCUT2D eigenvalue weighted by Crippen LogP contribution is -2.21. The lowest BCUT2D eigenvalue weighted by atomic mass is 10.1. The molecule has 2 aromatic carbocycles. The molecule has 0 saturated carbocycles. The van der Waals surface area contributed by atoms with Gasteiger partial charge >= 0.3 is 0 Å². The van der Waals surface area contributed by atoms with Gasteiger partial charge in [0.25, 0.3) is 11.6 Å². The van der Waals surface area contributed by atoms with E-state index in [2.05, 4.69) is 29.1 Å². The number of hydrogen-bond donors (Lipinski definition) is 1. The van der Waals surface area contributed by atoms with Crippen LogP contribution in [-0.4, -0.2) is 29.1 Å². The van der Waals surface area contributed by atoms with E-state index in [1.807, 2.05) is 24.3 Å². The van der Waals surface area contributed by atoms with Gasteiger partial charge in [0.05, 0.1) is 15.5 Å². The second-order valence-electron chi connectivity index (χ2n) is 7.18. The molecule has 4 rings (SSSR count). The summed E-state index contributed by atoms with van der Waals surface area (Å²) in [6.45, 7) is 6.10. The lowest BCUT2D eigenvalue weighted by Gasteiger charge is -2.20. The number of benzene rings is 2. The lowest BCUT2D eigenvalue weighted by molar-refractivity contribution is -0.384. The molecule has 2 heterocycles. The van der Waals surface area contributed by atoms with Crippen molar-refractivity contribution in [2.24, 2.45) is 4.99 Å². The highest BCUT2D eigenvalue weighted by atomic mass is 32.2. The van der Waals surface area contributed by atoms with Crippen molar-refractivity contribution < 1.29 is 14.1 Å². The molecule has 1 aromatic heterocycles. The summed E-state index contributed by atoms with van der Waals surface area (Å²) in [6.07, 6.45) is 1.65. The molecule has 3 aromatic rings. The zero-order valence-corrected chi connectivity index (χ0v) is 19.0. The SMILES string of the molecule is CCN(CC)c1ccc(N=C2NC(=O)/C(=C\c3ccc(-c4ccc([N+](=O)[O-])cc4)o3)S2)cc1. The third-order valence-electron chi connectivity index (χ3n) is 5.12. The zero-order valence-electron chi connectivity index (χ0n) is 18.1. The Morgan fingerprint density at radius 3 is 2.39 bits per heavy atom. The fourth-order valence-corrected chi connectivity index (χ4v) is 4.21. The topological polar surface area (TPSA) is 101 Å². The third-order valence-corrected chi connectivity index (χ3v) is 6.03. The maximum absolute atomic E-state index is 12.4. The maximum Gasteiger partial charge on any atom is 0.269 e. The summed E-state index contributed by atoms with van der Waals surface area (Å²) < 4.78 is 5.81. The fraction of sp³-hybridized carbons (Fsp3) is 0.167. The molecular weight excluding hydrogens is 440 g/mol. The first-order chi connectivity index (χ1) is 16.0. The van der Waals surface area contributed by atoms with Gasteiger partial charge in [-0.25, -0.2) is 4.99 Å². The van der Waals surface area contributed by atoms with Crippen LogP contribution in [-0.2, 0) is 4.79 Å². The molecule has 1 fully saturated rings. The van der Waals surface area contributed by atoms with E-state index in [4.69, 9.17) is 4.42 Å². The third kappa shape index (κ3) is 5.15. The minimum Gasteiger partial charge on any atom is -0.457 e. The van der Waals surface area contributed by atoms with Crippen LogP contribution in [0.2, 0.25) is 0 Å². The number of nitro benzene ring substituents is 1. The molecule has 1 aliphatic heterocycles. The first-order valence-electron chi connectivity index (χ1n) is 10.5. The van der Waals surface area contributed by atoms with Gasteiger partial charge in [0.1, 0.15) is 11.5 Å². The molecule has 1 N–H and O–H groups in total. The molecule has 168 valence electrons. The van der Waals surface area contributed by atoms with E-state index in [0.29, 0.717) is 27.2 Å². The van der Waals surface area contributed by atoms with Crippen molar-refractivity contribution in [3.8, 4) is 11.3 Å². The molecule has 0 aliphatic carbocycles. The minimum absolute atomic E-state index is 0.0150. The summed E-state index contributed by atoms with van der Waals surface area (Å²) in [4.78, 5) is 30.0. The molecule has 9 heteroatoms. The molecule has 0 atom stereocenters. The Morgan fingerprint density at radius 2 is 1.76 bits per heavy atom. The van der Waals surface area contributed by atoms with Gasteiger partial charge in [0.15, 0.2) is 5.17 Å². The van der Waals surface area contributed by atoms with Crippen molar-refractivity contribution in [2.45, 2.75) is 13.8 Å². The normalized spacial score (nSPS) is 15.8. The van der Waals surface area contributed by atoms with Crippen LogP contribution in [0.4, 0.5) is 17.1 Å². The first kappa shape index (κ1) is 22.3. The minimum atomic E-state index is -0.448. The van der Waals surface area contributed by atoms with Gasteiger partial charge in [-0.2, -0.15) is 0 Å². The molecule has 1 aliphatic rings. The van der Waals surface area contributed by atoms with Crippen molar-refractivity contribution in [1.82, 2.24) is 5.32 Å². The quantitative estimate of drug-likeness (QED) is 0.279. The van der Waals surface area contributed by atoms with Gasteiger partial charge in [-0.15, -0.1) is 0 Å². The van der Waals surface area contributed by atoms with E-state index in [1.165, 1.54) is 23.9 Å². The number of anilines is 1. The number of rotatable bonds is 7. The maximum atomic E-state index is 12.4. The molecule has 0 bridgehead atoms. The second-order valence-corrected chi connectivity index (χ2v) is 8.21. The summed E-state index contributed by atoms with van der Waals surface area (Å²) in [5.74, 6) is 0.819. The van der Waals surface area contributed by atoms with Gasteiger partial charge in [-0.3, -0.25) is 14.9 Å². The zero-order chi connectivity index (χ0) is 23.4. The highest BCUT2D eigenvalue weighted by Crippen LogP contribution is 2.31. The van der Waals surface area contributed by atoms with Gasteiger partial charge in [-0.05, 0) is 74.1 Å². The molecule has 0 radical (unpaired) electrons. The molecule has 0 spiro atoms. The van der Waals surface area contributed by atoms with Gasteiger partial charge in [0.2, 0.25) is 0 Å². The van der Waals surface area contributed by atoms with E-state index in [9.17, 15) is 14.9 Å². The Hall–Kier alpha value is -3.85. The number of nitrogens with one attached hydrogen (secondary N) is 1. The Bertz CT molecular complexity index is 1230. The predicted molar refractivity (Wildman–Crippen MR) is 132 cm³/mol. The van der Waals surface area contributed by atoms with Crippen LogP contribution >= 0.6 is 11.8 Å². The first-order valence-corrected chi connectivity index (χ1v) is 11.3. The Labute approximate surface area is 195 Å². The van der Waals surface area contributed by atoms with Crippen LogP contribution in [0.25, 0.3) is 17.4 Å². The summed E-state index contributed by atoms with van der Waals surface area (Å²) >= 11 is 1.24. The van der Waals surface area contributed by atoms with E-state index in [1.54, 1.807) is 30.3 Å². The van der Waals surface area contributed by atoms with Gasteiger partial charge in [-0.1, -0.05) is 0 Å². The number of carbonyl (C=O) groups excluding carboxylic acids is 1. The van der Waals surface area contributed by atoms with Crippen molar-refractivity contribution in [1.29, 1.82) is 0 Å². The summed E-state index contributed by atoms with van der Waals surface area (Å²) in [5, 5.41) is 14.1. The van der Waals surface area contributed by atoms with Crippen molar-refractivity contribution in [3.05, 3.63) is 81.4 Å². The highest BCUT2D eigenvalue weighted by molar-refractivity contribution is 8.18. The monoisotopic (exact) mass is 462 g/mol. The van der Waals surface area contributed by atoms with Crippen LogP contribution in [0.5, 0.6) is 0 Å². The summed E-state index contributed by atoms with van der Waals surface area (Å²) in [5.41, 5.74) is 2.62. The predicted octanol–water partition coefficient (Wildman–Crippen LogP) is 5.59. The Kier molecular flexibility index (Phi) is 6.60. The number of thioether (sulfide) groups is 1. The fourth-order valence-electron chi connectivity index (χ4n) is 3.39. The molecular formula is C24H22N4O4S. The molecule has 1 saturated heterocycles. The van der Waals surface area contributed by atoms with Crippen LogP contribution in [0, 0.1) is 10.1 Å². The van der Waals surface area contributed by atoms with Gasteiger partial charge < -0.3 is 14.6 Å². The second kappa shape index (κ2) is 9.74. The molecule has 33 heavy (non-hydrogen) atoms. The van der Waals surface area contributed by atoms with Crippen LogP contribution in [0.3, 0.4) is 0 Å². The smallest absolute Gasteiger partial charge is 0.269 e. The number of nitro groups is 1. The van der Waals surface area contributed by atoms with Crippen molar-refractivity contribution in [3.63, 3.8) is 0 Å². The van der Waals surface area contributed by atoms with Crippen LogP contribution < -0.4 is 10.2 Å². The van der Waals surface area contributed by atoms with Crippen molar-refractivity contribution in [2.75, 3.05) is 18.0 Å². The van der Waals surface area contributed by atoms with E-state index >= 15 is 0 Å². The van der Waals surface area contributed by atoms with Gasteiger partial charge in [0, 0.05) is 42.5 Å². The van der Waals surface area contributed by atoms with E-state index in [-0.39, 0.29) is 11.6 Å². The number of carbonyl (C=O) groups is 1. The van der Waals surface area contributed by atoms with Crippen molar-refractivity contribution >= 4 is 46.0 Å². The number of nitrogens with zero attached hydrogens (tertiary/aromatic N) is 3. The highest BCUT2D eigenvalue weighted by Gasteiger charge is 2.24. The average Bonchev–Trinajstić information content (AvgIpc) is 3.42. The number of hydrogen-bond acceptors (Lipinski definition) is 7. The standard InChI is InChI=1S/C24H22N4O4S/c1-3-27(4-2)18-11-7-17(8-12-18)25-24-26-23(29)22(33-24)15-20-13-14-21(32-20)16-5-9-19(10-6-16)28(30)31/h5-15H,3-4H2,1-2H3,(H,25,26,29)/b22-15+. The molecule has 1 amide bonds. The Morgan fingerprint density at radius 1 is 1.06 bits per heavy atom. The van der Waals surface area contributed by atoms with Crippen LogP contribution in [0.1, 0.15) is 19.6 Å². The largest absolute Gasteiger partial charge is 0.457 e. The molecule has 0 unspecified atom stereocenters. The van der Waals surface area contributed by atoms with E-state index < -0.39 is 4.92 Å². The number of amidine groups is 1. The van der Waals surface area contributed by atoms with Crippen LogP contribution in [0.15, 0.2) is 75.0 Å². The number of aliphatic imine (C=N–C) groups is 1. The number of amides is 1. The number of furan rings is 1. The summed E-state index contributed by atoms with van der Waals surface area (Å²) in [7, 11) is 0. The molecule has 8 nitrogen and oxygen atoms in total. The number of non-ortho nitro benzene ring substituents is 1. The summed E-state index contributed by atoms with van der Waals surface area (Å²) in [6, 6.07) is 17.5.